The summed E-state index contributed by atoms with van der Waals surface area (Å²) in [5.41, 5.74) is 2.26. The summed E-state index contributed by atoms with van der Waals surface area (Å²) >= 11 is 0. The summed E-state index contributed by atoms with van der Waals surface area (Å²) in [6.45, 7) is 8.03. The molecule has 0 radical (unpaired) electrons. The number of carboxylic acid groups (broad SMARTS) is 1. The van der Waals surface area contributed by atoms with E-state index in [9.17, 15) is 18.0 Å². The average Bonchev–Trinajstić information content (AvgIpc) is 3.71. The summed E-state index contributed by atoms with van der Waals surface area (Å²) in [5, 5.41) is 9.16. The molecular weight excluding hydrogens is 675 g/mol. The number of rotatable bonds is 12. The highest BCUT2D eigenvalue weighted by Gasteiger charge is 2.38. The van der Waals surface area contributed by atoms with Gasteiger partial charge in [-0.3, -0.25) is 9.69 Å². The Hall–Kier alpha value is -4.37. The maximum Gasteiger partial charge on any atom is 0.433 e. The van der Waals surface area contributed by atoms with Crippen molar-refractivity contribution >= 4 is 28.6 Å². The third kappa shape index (κ3) is 7.56. The van der Waals surface area contributed by atoms with Gasteiger partial charge in [-0.05, 0) is 57.7 Å². The number of piperazine rings is 1. The van der Waals surface area contributed by atoms with Crippen LogP contribution in [0.1, 0.15) is 76.1 Å². The van der Waals surface area contributed by atoms with Crippen molar-refractivity contribution in [2.45, 2.75) is 76.4 Å². The minimum absolute atomic E-state index is 0.0219. The maximum absolute atomic E-state index is 14.0. The third-order valence-corrected chi connectivity index (χ3v) is 10.8. The van der Waals surface area contributed by atoms with Crippen LogP contribution in [0.4, 0.5) is 24.7 Å². The van der Waals surface area contributed by atoms with E-state index >= 15 is 0 Å². The van der Waals surface area contributed by atoms with Crippen LogP contribution in [-0.4, -0.2) is 105 Å². The maximum atomic E-state index is 14.0. The molecule has 2 saturated carbocycles. The van der Waals surface area contributed by atoms with Crippen molar-refractivity contribution in [1.29, 1.82) is 0 Å². The van der Waals surface area contributed by atoms with Gasteiger partial charge < -0.3 is 24.6 Å². The minimum Gasteiger partial charge on any atom is -0.481 e. The number of carboxylic acids is 1. The Morgan fingerprint density at radius 1 is 1.06 bits per heavy atom. The number of hydrogen-bond acceptors (Lipinski definition) is 10. The molecule has 0 spiro atoms. The molecule has 0 unspecified atom stereocenters. The number of H-pyrrole nitrogens is 1. The molecule has 0 amide bonds. The Kier molecular flexibility index (Phi) is 9.61. The number of hydrogen-bond donors (Lipinski definition) is 2. The van der Waals surface area contributed by atoms with Crippen molar-refractivity contribution in [3.05, 3.63) is 42.0 Å². The summed E-state index contributed by atoms with van der Waals surface area (Å²) in [6.07, 6.45) is 4.81. The highest BCUT2D eigenvalue weighted by atomic mass is 19.4. The number of halogens is 3. The zero-order valence-electron chi connectivity index (χ0n) is 30.1. The molecule has 1 aliphatic heterocycles. The number of imidazole rings is 1. The van der Waals surface area contributed by atoms with E-state index < -0.39 is 17.8 Å². The molecule has 7 rings (SSSR count). The quantitative estimate of drug-likeness (QED) is 0.168. The molecule has 0 atom stereocenters. The van der Waals surface area contributed by atoms with Gasteiger partial charge >= 0.3 is 12.1 Å². The van der Waals surface area contributed by atoms with E-state index in [4.69, 9.17) is 29.8 Å². The summed E-state index contributed by atoms with van der Waals surface area (Å²) < 4.78 is 47.8. The highest BCUT2D eigenvalue weighted by Crippen LogP contribution is 2.44. The molecule has 2 N–H and O–H groups in total. The fourth-order valence-electron chi connectivity index (χ4n) is 7.98. The Balaban J connectivity index is 1.23. The second kappa shape index (κ2) is 13.9. The second-order valence-electron chi connectivity index (χ2n) is 15.4. The predicted molar refractivity (Wildman–Crippen MR) is 191 cm³/mol. The van der Waals surface area contributed by atoms with Crippen molar-refractivity contribution < 1.29 is 27.8 Å². The first kappa shape index (κ1) is 36.0. The van der Waals surface area contributed by atoms with Gasteiger partial charge in [-0.25, -0.2) is 24.9 Å². The molecule has 52 heavy (non-hydrogen) atoms. The lowest BCUT2D eigenvalue weighted by Crippen LogP contribution is -2.59. The van der Waals surface area contributed by atoms with Crippen LogP contribution in [0, 0.1) is 5.41 Å². The number of aromatic nitrogens is 6. The van der Waals surface area contributed by atoms with Crippen LogP contribution in [0.5, 0.6) is 0 Å². The molecule has 3 aliphatic rings. The summed E-state index contributed by atoms with van der Waals surface area (Å²) in [4.78, 5) is 44.1. The largest absolute Gasteiger partial charge is 0.481 e. The number of fused-ring (bicyclic) bond motifs is 1. The van der Waals surface area contributed by atoms with Crippen molar-refractivity contribution in [3.63, 3.8) is 0 Å². The number of pyridine rings is 2. The number of anilines is 2. The van der Waals surface area contributed by atoms with Gasteiger partial charge in [-0.15, -0.1) is 0 Å². The van der Waals surface area contributed by atoms with Gasteiger partial charge in [0.25, 0.3) is 0 Å². The minimum atomic E-state index is -4.59. The molecule has 278 valence electrons. The summed E-state index contributed by atoms with van der Waals surface area (Å²) in [7, 11) is 3.72. The van der Waals surface area contributed by atoms with E-state index in [-0.39, 0.29) is 23.3 Å². The van der Waals surface area contributed by atoms with Crippen LogP contribution in [0.3, 0.4) is 0 Å². The first-order valence-electron chi connectivity index (χ1n) is 18.0. The fourth-order valence-corrected chi connectivity index (χ4v) is 7.98. The summed E-state index contributed by atoms with van der Waals surface area (Å²) in [5.74, 6) is 0.365. The molecule has 0 bridgehead atoms. The monoisotopic (exact) mass is 721 g/mol. The van der Waals surface area contributed by atoms with Crippen molar-refractivity contribution in [2.75, 3.05) is 63.3 Å². The molecule has 1 saturated heterocycles. The molecule has 0 aromatic carbocycles. The predicted octanol–water partition coefficient (Wildman–Crippen LogP) is 6.39. The molecular formula is C37H46F3N9O3. The zero-order chi connectivity index (χ0) is 36.8. The topological polar surface area (TPSA) is 136 Å². The van der Waals surface area contributed by atoms with Gasteiger partial charge in [0.05, 0.1) is 36.8 Å². The van der Waals surface area contributed by atoms with E-state index in [0.717, 1.165) is 50.3 Å². The first-order valence-corrected chi connectivity index (χ1v) is 18.0. The standard InChI is InChI=1S/C37H46F3N9O3/c1-35(2)20-48(13-14-49(35)12-9-31(50)51)30-19-41-27(18-42-30)33-45-32-28(47(3)21-36(22-52-4)10-5-6-11-36)17-26(44-34(32)46-33)24-15-25(23-7-8-23)43-29(16-24)37(38,39)40/h15-19,23H,5-14,20-22H2,1-4H3,(H,50,51)(H,44,45,46). The van der Waals surface area contributed by atoms with Gasteiger partial charge in [-0.2, -0.15) is 13.2 Å². The Morgan fingerprint density at radius 3 is 2.46 bits per heavy atom. The number of nitrogens with zero attached hydrogens (tertiary/aromatic N) is 8. The van der Waals surface area contributed by atoms with Crippen LogP contribution in [0.2, 0.25) is 0 Å². The van der Waals surface area contributed by atoms with Crippen LogP contribution in [0.15, 0.2) is 30.6 Å². The van der Waals surface area contributed by atoms with Gasteiger partial charge in [0.15, 0.2) is 11.5 Å². The number of alkyl halides is 3. The van der Waals surface area contributed by atoms with E-state index in [0.29, 0.717) is 84.8 Å². The molecule has 12 nitrogen and oxygen atoms in total. The second-order valence-corrected chi connectivity index (χ2v) is 15.4. The normalized spacial score (nSPS) is 19.0. The Labute approximate surface area is 300 Å². The lowest BCUT2D eigenvalue weighted by atomic mass is 9.86. The van der Waals surface area contributed by atoms with Crippen LogP contribution in [-0.2, 0) is 15.7 Å². The SMILES string of the molecule is COCC1(CN(C)c2cc(-c3cc(C4CC4)nc(C(F)(F)F)c3)nc3nc(-c4cnc(N5CCN(CCC(=O)O)C(C)(C)C5)cn4)[nH]c23)CCCC1. The summed E-state index contributed by atoms with van der Waals surface area (Å²) in [6, 6.07) is 4.66. The third-order valence-electron chi connectivity index (χ3n) is 10.8. The van der Waals surface area contributed by atoms with Gasteiger partial charge in [0.2, 0.25) is 0 Å². The van der Waals surface area contributed by atoms with E-state index in [1.165, 1.54) is 0 Å². The van der Waals surface area contributed by atoms with Crippen molar-refractivity contribution in [2.24, 2.45) is 5.41 Å². The van der Waals surface area contributed by atoms with E-state index in [1.807, 2.05) is 13.1 Å². The first-order chi connectivity index (χ1) is 24.7. The van der Waals surface area contributed by atoms with Gasteiger partial charge in [0, 0.05) is 75.0 Å². The number of aliphatic carboxylic acids is 1. The zero-order valence-corrected chi connectivity index (χ0v) is 30.1. The smallest absolute Gasteiger partial charge is 0.433 e. The molecule has 4 aromatic heterocycles. The number of carbonyl (C=O) groups is 1. The number of aromatic amines is 1. The van der Waals surface area contributed by atoms with E-state index in [1.54, 1.807) is 25.6 Å². The Bertz CT molecular complexity index is 1920. The number of nitrogens with one attached hydrogen (secondary N) is 1. The van der Waals surface area contributed by atoms with Gasteiger partial charge in [-0.1, -0.05) is 12.8 Å². The lowest BCUT2D eigenvalue weighted by molar-refractivity contribution is -0.141. The average molecular weight is 722 g/mol. The molecule has 4 aromatic rings. The van der Waals surface area contributed by atoms with Crippen molar-refractivity contribution in [3.8, 4) is 22.8 Å². The Morgan fingerprint density at radius 2 is 1.83 bits per heavy atom. The number of ether oxygens (including phenoxy) is 1. The molecule has 3 fully saturated rings. The number of methoxy groups -OCH3 is 1. The lowest BCUT2D eigenvalue weighted by Gasteiger charge is -2.47. The highest BCUT2D eigenvalue weighted by molar-refractivity contribution is 5.91. The van der Waals surface area contributed by atoms with Crippen LogP contribution < -0.4 is 9.80 Å². The molecule has 15 heteroatoms. The molecule has 2 aliphatic carbocycles. The van der Waals surface area contributed by atoms with Crippen molar-refractivity contribution in [1.82, 2.24) is 34.8 Å². The van der Waals surface area contributed by atoms with E-state index in [2.05, 4.69) is 38.5 Å². The van der Waals surface area contributed by atoms with Crippen LogP contribution >= 0.6 is 0 Å². The van der Waals surface area contributed by atoms with Crippen LogP contribution in [0.25, 0.3) is 33.9 Å². The molecule has 5 heterocycles. The fraction of sp³-hybridized carbons (Fsp3) is 0.568. The van der Waals surface area contributed by atoms with Gasteiger partial charge in [0.1, 0.15) is 22.7 Å².